The number of carbonyl (C=O) groups is 1. The molecule has 2 atom stereocenters. The van der Waals surface area contributed by atoms with Crippen LogP contribution in [0.15, 0.2) is 24.7 Å². The Labute approximate surface area is 182 Å². The summed E-state index contributed by atoms with van der Waals surface area (Å²) < 4.78 is 0. The normalized spacial score (nSPS) is 24.0. The first-order chi connectivity index (χ1) is 15.0. The minimum atomic E-state index is -0.533. The van der Waals surface area contributed by atoms with Gasteiger partial charge in [0.15, 0.2) is 0 Å². The number of aromatic nitrogens is 3. The van der Waals surface area contributed by atoms with E-state index >= 15 is 0 Å². The Morgan fingerprint density at radius 3 is 2.35 bits per heavy atom. The number of nitrogens with zero attached hydrogens (tertiary/aromatic N) is 6. The minimum absolute atomic E-state index is 0.0949. The molecule has 5 rings (SSSR count). The summed E-state index contributed by atoms with van der Waals surface area (Å²) in [6.45, 7) is 6.97. The van der Waals surface area contributed by atoms with E-state index in [4.69, 9.17) is 4.98 Å². The van der Waals surface area contributed by atoms with Crippen molar-refractivity contribution < 1.29 is 9.90 Å². The molecule has 1 aliphatic carbocycles. The van der Waals surface area contributed by atoms with Crippen molar-refractivity contribution in [2.24, 2.45) is 0 Å². The minimum Gasteiger partial charge on any atom is -0.374 e. The van der Waals surface area contributed by atoms with Crippen LogP contribution in [-0.2, 0) is 0 Å². The molecule has 0 bridgehead atoms. The lowest BCUT2D eigenvalue weighted by molar-refractivity contribution is 0.0740. The Bertz CT molecular complexity index is 943. The zero-order chi connectivity index (χ0) is 21.5. The zero-order valence-electron chi connectivity index (χ0n) is 18.2. The molecule has 0 aromatic carbocycles. The summed E-state index contributed by atoms with van der Waals surface area (Å²) in [4.78, 5) is 32.4. The average Bonchev–Trinajstić information content (AvgIpc) is 3.58. The average molecular weight is 423 g/mol. The quantitative estimate of drug-likeness (QED) is 0.809. The molecule has 31 heavy (non-hydrogen) atoms. The maximum absolute atomic E-state index is 12.9. The van der Waals surface area contributed by atoms with Gasteiger partial charge in [0, 0.05) is 38.4 Å². The molecule has 2 saturated heterocycles. The van der Waals surface area contributed by atoms with Crippen LogP contribution in [0.3, 0.4) is 0 Å². The van der Waals surface area contributed by atoms with E-state index in [2.05, 4.69) is 34.8 Å². The van der Waals surface area contributed by atoms with E-state index in [0.717, 1.165) is 31.7 Å². The molecule has 4 heterocycles. The molecule has 8 nitrogen and oxygen atoms in total. The van der Waals surface area contributed by atoms with E-state index in [1.807, 2.05) is 16.0 Å². The van der Waals surface area contributed by atoms with Crippen molar-refractivity contribution >= 4 is 17.5 Å². The van der Waals surface area contributed by atoms with Crippen molar-refractivity contribution in [1.82, 2.24) is 19.9 Å². The van der Waals surface area contributed by atoms with E-state index in [1.54, 1.807) is 6.20 Å². The van der Waals surface area contributed by atoms with Crippen molar-refractivity contribution in [1.29, 1.82) is 0 Å². The molecular formula is C23H30N6O2. The summed E-state index contributed by atoms with van der Waals surface area (Å²) in [7, 11) is 0. The lowest BCUT2D eigenvalue weighted by atomic mass is 10.1. The van der Waals surface area contributed by atoms with Crippen molar-refractivity contribution in [2.45, 2.75) is 57.7 Å². The number of rotatable bonds is 4. The highest BCUT2D eigenvalue weighted by molar-refractivity contribution is 5.92. The highest BCUT2D eigenvalue weighted by Gasteiger charge is 2.31. The van der Waals surface area contributed by atoms with Gasteiger partial charge in [0.2, 0.25) is 0 Å². The molecule has 3 aliphatic rings. The number of amides is 1. The summed E-state index contributed by atoms with van der Waals surface area (Å²) in [6.07, 6.45) is 8.83. The molecule has 1 saturated carbocycles. The predicted molar refractivity (Wildman–Crippen MR) is 118 cm³/mol. The molecule has 164 valence electrons. The third-order valence-corrected chi connectivity index (χ3v) is 6.75. The Balaban J connectivity index is 1.21. The van der Waals surface area contributed by atoms with Gasteiger partial charge < -0.3 is 19.8 Å². The monoisotopic (exact) mass is 422 g/mol. The summed E-state index contributed by atoms with van der Waals surface area (Å²) in [6, 6.07) is 2.49. The number of aliphatic hydroxyl groups is 1. The molecule has 1 N–H and O–H groups in total. The first-order valence-corrected chi connectivity index (χ1v) is 11.3. The number of anilines is 2. The number of carbonyl (C=O) groups excluding carboxylic acids is 1. The van der Waals surface area contributed by atoms with E-state index in [0.29, 0.717) is 30.5 Å². The van der Waals surface area contributed by atoms with E-state index in [1.165, 1.54) is 30.2 Å². The van der Waals surface area contributed by atoms with Crippen LogP contribution in [0.25, 0.3) is 0 Å². The topological polar surface area (TPSA) is 85.7 Å². The standard InChI is InChI=1S/C23H30N6O2/c1-15-11-18(17-4-5-17)12-26-22(15)27-7-9-28(10-8-27)23(31)19-13-25-20(14-24-19)29-16(2)3-6-21(29)30/h11-14,16-17,21,30H,3-10H2,1-2H3. The van der Waals surface area contributed by atoms with Crippen molar-refractivity contribution in [3.63, 3.8) is 0 Å². The molecule has 3 fully saturated rings. The van der Waals surface area contributed by atoms with Crippen LogP contribution < -0.4 is 9.80 Å². The largest absolute Gasteiger partial charge is 0.374 e. The number of aliphatic hydroxyl groups excluding tert-OH is 1. The van der Waals surface area contributed by atoms with Crippen LogP contribution in [0.4, 0.5) is 11.6 Å². The SMILES string of the molecule is Cc1cc(C2CC2)cnc1N1CCN(C(=O)c2cnc(N3C(C)CCC3O)cn2)CC1. The fourth-order valence-corrected chi connectivity index (χ4v) is 4.75. The van der Waals surface area contributed by atoms with Crippen molar-refractivity contribution in [3.05, 3.63) is 41.5 Å². The van der Waals surface area contributed by atoms with Crippen molar-refractivity contribution in [3.8, 4) is 0 Å². The molecule has 1 amide bonds. The van der Waals surface area contributed by atoms with Gasteiger partial charge >= 0.3 is 0 Å². The smallest absolute Gasteiger partial charge is 0.274 e. The van der Waals surface area contributed by atoms with Gasteiger partial charge in [0.1, 0.15) is 23.6 Å². The second kappa shape index (κ2) is 8.07. The number of hydrogen-bond acceptors (Lipinski definition) is 7. The van der Waals surface area contributed by atoms with Crippen LogP contribution in [0, 0.1) is 6.92 Å². The summed E-state index contributed by atoms with van der Waals surface area (Å²) in [5, 5.41) is 10.2. The molecule has 2 unspecified atom stereocenters. The molecular weight excluding hydrogens is 392 g/mol. The van der Waals surface area contributed by atoms with Gasteiger partial charge in [0.05, 0.1) is 12.4 Å². The van der Waals surface area contributed by atoms with E-state index in [9.17, 15) is 9.90 Å². The van der Waals surface area contributed by atoms with Crippen LogP contribution in [0.2, 0.25) is 0 Å². The molecule has 2 aliphatic heterocycles. The number of aryl methyl sites for hydroxylation is 1. The Morgan fingerprint density at radius 2 is 1.77 bits per heavy atom. The molecule has 2 aromatic rings. The van der Waals surface area contributed by atoms with Gasteiger partial charge in [-0.05, 0) is 56.6 Å². The number of piperazine rings is 1. The van der Waals surface area contributed by atoms with Gasteiger partial charge in [0.25, 0.3) is 5.91 Å². The summed E-state index contributed by atoms with van der Waals surface area (Å²) in [5.74, 6) is 2.26. The highest BCUT2D eigenvalue weighted by atomic mass is 16.3. The summed E-state index contributed by atoms with van der Waals surface area (Å²) >= 11 is 0. The fourth-order valence-electron chi connectivity index (χ4n) is 4.75. The van der Waals surface area contributed by atoms with Crippen LogP contribution >= 0.6 is 0 Å². The molecule has 0 spiro atoms. The predicted octanol–water partition coefficient (Wildman–Crippen LogP) is 2.33. The van der Waals surface area contributed by atoms with Gasteiger partial charge in [-0.1, -0.05) is 6.07 Å². The first-order valence-electron chi connectivity index (χ1n) is 11.3. The number of pyridine rings is 1. The highest BCUT2D eigenvalue weighted by Crippen LogP contribution is 2.40. The Morgan fingerprint density at radius 1 is 1.00 bits per heavy atom. The maximum Gasteiger partial charge on any atom is 0.274 e. The van der Waals surface area contributed by atoms with Crippen LogP contribution in [0.5, 0.6) is 0 Å². The fraction of sp³-hybridized carbons (Fsp3) is 0.565. The number of hydrogen-bond donors (Lipinski definition) is 1. The van der Waals surface area contributed by atoms with Gasteiger partial charge in [-0.3, -0.25) is 4.79 Å². The molecule has 0 radical (unpaired) electrons. The Kier molecular flexibility index (Phi) is 5.25. The van der Waals surface area contributed by atoms with Crippen LogP contribution in [-0.4, -0.2) is 69.3 Å². The van der Waals surface area contributed by atoms with E-state index in [-0.39, 0.29) is 11.9 Å². The van der Waals surface area contributed by atoms with Crippen molar-refractivity contribution in [2.75, 3.05) is 36.0 Å². The van der Waals surface area contributed by atoms with E-state index < -0.39 is 6.23 Å². The molecule has 2 aromatic heterocycles. The van der Waals surface area contributed by atoms with Gasteiger partial charge in [-0.2, -0.15) is 0 Å². The lowest BCUT2D eigenvalue weighted by Crippen LogP contribution is -2.49. The third-order valence-electron chi connectivity index (χ3n) is 6.75. The maximum atomic E-state index is 12.9. The second-order valence-corrected chi connectivity index (χ2v) is 9.04. The lowest BCUT2D eigenvalue weighted by Gasteiger charge is -2.36. The van der Waals surface area contributed by atoms with Crippen LogP contribution in [0.1, 0.15) is 60.1 Å². The van der Waals surface area contributed by atoms with Gasteiger partial charge in [-0.15, -0.1) is 0 Å². The first kappa shape index (κ1) is 20.2. The Hall–Kier alpha value is -2.74. The summed E-state index contributed by atoms with van der Waals surface area (Å²) in [5.41, 5.74) is 2.92. The molecule has 8 heteroatoms. The van der Waals surface area contributed by atoms with Gasteiger partial charge in [-0.25, -0.2) is 15.0 Å². The third kappa shape index (κ3) is 3.96. The zero-order valence-corrected chi connectivity index (χ0v) is 18.2. The second-order valence-electron chi connectivity index (χ2n) is 9.04.